The molecule has 0 aliphatic rings. The van der Waals surface area contributed by atoms with Crippen molar-refractivity contribution in [3.05, 3.63) is 27.2 Å². The molecule has 0 spiro atoms. The standard InChI is InChI=1S/C9H8BrClN2O6S/c10-6-2-4(1-5(8(6)11)9(15)16)20(17,18)13-19-3-7(12)14/h1-2,13H,3H2,(H2,12,14)(H,15,16). The zero-order chi connectivity index (χ0) is 15.5. The molecule has 0 fully saturated rings. The Balaban J connectivity index is 3.13. The highest BCUT2D eigenvalue weighted by molar-refractivity contribution is 9.10. The molecule has 0 radical (unpaired) electrons. The first-order valence-corrected chi connectivity index (χ1v) is 7.45. The molecule has 110 valence electrons. The largest absolute Gasteiger partial charge is 0.478 e. The second-order valence-corrected chi connectivity index (χ2v) is 6.29. The molecular weight excluding hydrogens is 380 g/mol. The average molecular weight is 388 g/mol. The topological polar surface area (TPSA) is 136 Å². The number of carboxylic acid groups (broad SMARTS) is 1. The van der Waals surface area contributed by atoms with E-state index < -0.39 is 39.0 Å². The molecule has 0 aliphatic carbocycles. The Hall–Kier alpha value is -1.20. The van der Waals surface area contributed by atoms with E-state index in [1.807, 2.05) is 0 Å². The molecule has 20 heavy (non-hydrogen) atoms. The summed E-state index contributed by atoms with van der Waals surface area (Å²) >= 11 is 8.67. The van der Waals surface area contributed by atoms with Gasteiger partial charge < -0.3 is 10.8 Å². The normalized spacial score (nSPS) is 11.3. The third kappa shape index (κ3) is 4.15. The van der Waals surface area contributed by atoms with E-state index in [4.69, 9.17) is 22.4 Å². The number of primary amides is 1. The van der Waals surface area contributed by atoms with Gasteiger partial charge in [-0.2, -0.15) is 0 Å². The molecule has 8 nitrogen and oxygen atoms in total. The van der Waals surface area contributed by atoms with E-state index >= 15 is 0 Å². The molecule has 1 rings (SSSR count). The monoisotopic (exact) mass is 386 g/mol. The highest BCUT2D eigenvalue weighted by atomic mass is 79.9. The zero-order valence-corrected chi connectivity index (χ0v) is 12.8. The van der Waals surface area contributed by atoms with E-state index in [1.54, 1.807) is 4.89 Å². The van der Waals surface area contributed by atoms with Crippen LogP contribution in [0.2, 0.25) is 5.02 Å². The van der Waals surface area contributed by atoms with Gasteiger partial charge in [0.05, 0.1) is 15.5 Å². The minimum Gasteiger partial charge on any atom is -0.478 e. The van der Waals surface area contributed by atoms with Gasteiger partial charge in [-0.05, 0) is 28.1 Å². The first kappa shape index (κ1) is 16.9. The maximum absolute atomic E-state index is 11.8. The van der Waals surface area contributed by atoms with E-state index in [-0.39, 0.29) is 9.50 Å². The van der Waals surface area contributed by atoms with Crippen LogP contribution in [0.5, 0.6) is 0 Å². The lowest BCUT2D eigenvalue weighted by Crippen LogP contribution is -2.29. The molecule has 0 atom stereocenters. The summed E-state index contributed by atoms with van der Waals surface area (Å²) < 4.78 is 23.7. The second kappa shape index (κ2) is 6.50. The molecule has 0 aromatic heterocycles. The number of rotatable bonds is 6. The van der Waals surface area contributed by atoms with Crippen LogP contribution < -0.4 is 10.6 Å². The summed E-state index contributed by atoms with van der Waals surface area (Å²) in [4.78, 5) is 27.0. The third-order valence-electron chi connectivity index (χ3n) is 1.93. The number of halogens is 2. The smallest absolute Gasteiger partial charge is 0.337 e. The molecule has 0 aliphatic heterocycles. The first-order chi connectivity index (χ1) is 9.15. The van der Waals surface area contributed by atoms with Crippen LogP contribution in [0.4, 0.5) is 0 Å². The fourth-order valence-electron chi connectivity index (χ4n) is 1.10. The van der Waals surface area contributed by atoms with Gasteiger partial charge in [-0.15, -0.1) is 0 Å². The summed E-state index contributed by atoms with van der Waals surface area (Å²) in [7, 11) is -4.18. The Morgan fingerprint density at radius 1 is 1.45 bits per heavy atom. The Kier molecular flexibility index (Phi) is 5.48. The highest BCUT2D eigenvalue weighted by Crippen LogP contribution is 2.29. The van der Waals surface area contributed by atoms with Gasteiger partial charge in [0.2, 0.25) is 5.91 Å². The average Bonchev–Trinajstić information content (AvgIpc) is 2.31. The lowest BCUT2D eigenvalue weighted by molar-refractivity contribution is -0.123. The number of nitrogens with one attached hydrogen (secondary N) is 1. The van der Waals surface area contributed by atoms with Gasteiger partial charge in [-0.3, -0.25) is 9.63 Å². The zero-order valence-electron chi connectivity index (χ0n) is 9.59. The fourth-order valence-corrected chi connectivity index (χ4v) is 2.76. The Morgan fingerprint density at radius 3 is 2.55 bits per heavy atom. The molecule has 1 aromatic carbocycles. The summed E-state index contributed by atoms with van der Waals surface area (Å²) in [6.07, 6.45) is 0. The van der Waals surface area contributed by atoms with Gasteiger partial charge in [-0.25, -0.2) is 13.2 Å². The summed E-state index contributed by atoms with van der Waals surface area (Å²) in [5.74, 6) is -2.28. The van der Waals surface area contributed by atoms with Gasteiger partial charge in [0.1, 0.15) is 6.61 Å². The number of hydrogen-bond donors (Lipinski definition) is 3. The van der Waals surface area contributed by atoms with Crippen LogP contribution in [0, 0.1) is 0 Å². The first-order valence-electron chi connectivity index (χ1n) is 4.79. The molecule has 1 amide bonds. The van der Waals surface area contributed by atoms with Crippen LogP contribution in [0.15, 0.2) is 21.5 Å². The molecule has 0 bridgehead atoms. The minimum absolute atomic E-state index is 0.0781. The number of carboxylic acids is 1. The summed E-state index contributed by atoms with van der Waals surface area (Å²) in [6.45, 7) is -0.667. The Labute approximate surface area is 127 Å². The fraction of sp³-hybridized carbons (Fsp3) is 0.111. The van der Waals surface area contributed by atoms with E-state index in [1.165, 1.54) is 0 Å². The van der Waals surface area contributed by atoms with Crippen molar-refractivity contribution in [1.82, 2.24) is 4.89 Å². The lowest BCUT2D eigenvalue weighted by atomic mass is 10.2. The molecule has 1 aromatic rings. The van der Waals surface area contributed by atoms with Gasteiger partial charge in [0.15, 0.2) is 0 Å². The molecule has 4 N–H and O–H groups in total. The van der Waals surface area contributed by atoms with Gasteiger partial charge in [0.25, 0.3) is 10.0 Å². The molecule has 0 unspecified atom stereocenters. The van der Waals surface area contributed by atoms with Gasteiger partial charge >= 0.3 is 5.97 Å². The summed E-state index contributed by atoms with van der Waals surface area (Å²) in [5.41, 5.74) is 4.36. The number of benzene rings is 1. The molecule has 11 heteroatoms. The summed E-state index contributed by atoms with van der Waals surface area (Å²) in [5, 5.41) is 8.77. The maximum Gasteiger partial charge on any atom is 0.337 e. The Bertz CT molecular complexity index is 663. The number of carbonyl (C=O) groups is 2. The lowest BCUT2D eigenvalue weighted by Gasteiger charge is -2.09. The van der Waals surface area contributed by atoms with Crippen molar-refractivity contribution in [1.29, 1.82) is 0 Å². The Morgan fingerprint density at radius 2 is 2.05 bits per heavy atom. The molecule has 0 heterocycles. The van der Waals surface area contributed by atoms with Crippen molar-refractivity contribution in [2.45, 2.75) is 4.90 Å². The summed E-state index contributed by atoms with van der Waals surface area (Å²) in [6, 6.07) is 1.94. The van der Waals surface area contributed by atoms with Crippen molar-refractivity contribution in [2.75, 3.05) is 6.61 Å². The van der Waals surface area contributed by atoms with Crippen LogP contribution >= 0.6 is 27.5 Å². The van der Waals surface area contributed by atoms with E-state index in [0.29, 0.717) is 0 Å². The van der Waals surface area contributed by atoms with Crippen LogP contribution in [0.3, 0.4) is 0 Å². The SMILES string of the molecule is NC(=O)CONS(=O)(=O)c1cc(Br)c(Cl)c(C(=O)O)c1. The number of nitrogens with two attached hydrogens (primary N) is 1. The predicted octanol–water partition coefficient (Wildman–Crippen LogP) is 0.496. The van der Waals surface area contributed by atoms with Gasteiger partial charge in [-0.1, -0.05) is 16.5 Å². The number of amides is 1. The van der Waals surface area contributed by atoms with Crippen molar-refractivity contribution in [3.63, 3.8) is 0 Å². The second-order valence-electron chi connectivity index (χ2n) is 3.41. The quantitative estimate of drug-likeness (QED) is 0.608. The highest BCUT2D eigenvalue weighted by Gasteiger charge is 2.21. The van der Waals surface area contributed by atoms with Crippen LogP contribution in [0.25, 0.3) is 0 Å². The van der Waals surface area contributed by atoms with E-state index in [9.17, 15) is 18.0 Å². The molecule has 0 saturated heterocycles. The van der Waals surface area contributed by atoms with Crippen LogP contribution in [0.1, 0.15) is 10.4 Å². The van der Waals surface area contributed by atoms with Crippen LogP contribution in [-0.4, -0.2) is 32.0 Å². The van der Waals surface area contributed by atoms with Crippen molar-refractivity contribution in [3.8, 4) is 0 Å². The van der Waals surface area contributed by atoms with Gasteiger partial charge in [0, 0.05) is 4.47 Å². The predicted molar refractivity (Wildman–Crippen MR) is 71.6 cm³/mol. The van der Waals surface area contributed by atoms with Crippen molar-refractivity contribution >= 4 is 49.4 Å². The number of carbonyl (C=O) groups excluding carboxylic acids is 1. The van der Waals surface area contributed by atoms with E-state index in [2.05, 4.69) is 20.8 Å². The maximum atomic E-state index is 11.8. The third-order valence-corrected chi connectivity index (χ3v) is 4.38. The van der Waals surface area contributed by atoms with Crippen molar-refractivity contribution < 1.29 is 28.0 Å². The number of aromatic carboxylic acids is 1. The van der Waals surface area contributed by atoms with E-state index in [0.717, 1.165) is 12.1 Å². The molecular formula is C9H8BrClN2O6S. The molecule has 0 saturated carbocycles. The van der Waals surface area contributed by atoms with Crippen molar-refractivity contribution in [2.24, 2.45) is 5.73 Å². The van der Waals surface area contributed by atoms with Crippen LogP contribution in [-0.2, 0) is 19.7 Å². The number of hydrogen-bond acceptors (Lipinski definition) is 5. The number of sulfonamides is 1. The minimum atomic E-state index is -4.18.